The molecule has 1 amide bonds. The van der Waals surface area contributed by atoms with Gasteiger partial charge in [0.25, 0.3) is 0 Å². The van der Waals surface area contributed by atoms with Gasteiger partial charge in [-0.2, -0.15) is 5.10 Å². The predicted molar refractivity (Wildman–Crippen MR) is 75.2 cm³/mol. The lowest BCUT2D eigenvalue weighted by molar-refractivity contribution is -0.147. The van der Waals surface area contributed by atoms with E-state index in [-0.39, 0.29) is 17.7 Å². The van der Waals surface area contributed by atoms with Gasteiger partial charge in [0.15, 0.2) is 0 Å². The van der Waals surface area contributed by atoms with Gasteiger partial charge in [-0.05, 0) is 30.7 Å². The van der Waals surface area contributed by atoms with E-state index in [4.69, 9.17) is 0 Å². The molecule has 4 unspecified atom stereocenters. The summed E-state index contributed by atoms with van der Waals surface area (Å²) in [5.41, 5.74) is 0. The molecule has 2 N–H and O–H groups in total. The maximum atomic E-state index is 12.3. The number of nitrogens with one attached hydrogen (secondary N) is 1. The molecule has 112 valence electrons. The van der Waals surface area contributed by atoms with Crippen molar-refractivity contribution in [2.75, 3.05) is 6.54 Å². The lowest BCUT2D eigenvalue weighted by atomic mass is 9.82. The van der Waals surface area contributed by atoms with Crippen molar-refractivity contribution < 1.29 is 14.7 Å². The third-order valence-corrected chi connectivity index (χ3v) is 4.47. The van der Waals surface area contributed by atoms with Gasteiger partial charge in [-0.15, -0.1) is 0 Å². The molecule has 0 radical (unpaired) electrons. The van der Waals surface area contributed by atoms with Crippen LogP contribution in [0.3, 0.4) is 0 Å². The molecule has 2 aliphatic carbocycles. The van der Waals surface area contributed by atoms with E-state index in [9.17, 15) is 14.7 Å². The van der Waals surface area contributed by atoms with E-state index in [1.165, 1.54) is 0 Å². The van der Waals surface area contributed by atoms with Crippen molar-refractivity contribution in [2.45, 2.75) is 19.4 Å². The van der Waals surface area contributed by atoms with E-state index in [0.29, 0.717) is 6.54 Å². The fourth-order valence-electron chi connectivity index (χ4n) is 3.52. The second kappa shape index (κ2) is 5.71. The second-order valence-electron chi connectivity index (χ2n) is 5.75. The van der Waals surface area contributed by atoms with Gasteiger partial charge in [-0.1, -0.05) is 12.2 Å². The Kier molecular flexibility index (Phi) is 3.77. The van der Waals surface area contributed by atoms with Gasteiger partial charge in [0.05, 0.1) is 11.8 Å². The zero-order valence-corrected chi connectivity index (χ0v) is 11.7. The van der Waals surface area contributed by atoms with Crippen molar-refractivity contribution in [3.05, 3.63) is 30.6 Å². The molecular formula is C15H19N3O3. The third-order valence-electron chi connectivity index (χ3n) is 4.47. The second-order valence-corrected chi connectivity index (χ2v) is 5.75. The van der Waals surface area contributed by atoms with Crippen molar-refractivity contribution in [3.63, 3.8) is 0 Å². The molecule has 21 heavy (non-hydrogen) atoms. The molecule has 1 saturated carbocycles. The SMILES string of the molecule is O=C(O)C1C2C=CC(C2)C1C(=O)NCCCn1cccn1. The summed E-state index contributed by atoms with van der Waals surface area (Å²) in [4.78, 5) is 23.6. The van der Waals surface area contributed by atoms with Crippen molar-refractivity contribution in [3.8, 4) is 0 Å². The molecule has 0 aromatic carbocycles. The minimum absolute atomic E-state index is 0.0207. The molecule has 0 spiro atoms. The highest BCUT2D eigenvalue weighted by Crippen LogP contribution is 2.48. The molecule has 1 aromatic rings. The predicted octanol–water partition coefficient (Wildman–Crippen LogP) is 0.912. The van der Waals surface area contributed by atoms with E-state index >= 15 is 0 Å². The number of carboxylic acid groups (broad SMARTS) is 1. The monoisotopic (exact) mass is 289 g/mol. The van der Waals surface area contributed by atoms with Gasteiger partial charge >= 0.3 is 5.97 Å². The zero-order valence-electron chi connectivity index (χ0n) is 11.7. The van der Waals surface area contributed by atoms with Crippen LogP contribution < -0.4 is 5.32 Å². The molecule has 1 heterocycles. The zero-order chi connectivity index (χ0) is 14.8. The molecule has 2 bridgehead atoms. The Bertz CT molecular complexity index is 553. The van der Waals surface area contributed by atoms with Crippen LogP contribution in [0.4, 0.5) is 0 Å². The van der Waals surface area contributed by atoms with Gasteiger partial charge in [-0.25, -0.2) is 0 Å². The van der Waals surface area contributed by atoms with Crippen molar-refractivity contribution >= 4 is 11.9 Å². The Hall–Kier alpha value is -2.11. The molecule has 6 nitrogen and oxygen atoms in total. The number of carbonyl (C=O) groups is 2. The van der Waals surface area contributed by atoms with E-state index in [0.717, 1.165) is 19.4 Å². The number of aromatic nitrogens is 2. The van der Waals surface area contributed by atoms with Crippen molar-refractivity contribution in [2.24, 2.45) is 23.7 Å². The number of hydrogen-bond donors (Lipinski definition) is 2. The number of allylic oxidation sites excluding steroid dienone is 2. The lowest BCUT2D eigenvalue weighted by Gasteiger charge is -2.23. The van der Waals surface area contributed by atoms with Crippen LogP contribution in [0.15, 0.2) is 30.6 Å². The maximum Gasteiger partial charge on any atom is 0.307 e. The summed E-state index contributed by atoms with van der Waals surface area (Å²) < 4.78 is 1.81. The summed E-state index contributed by atoms with van der Waals surface area (Å²) in [6.07, 6.45) is 9.12. The molecular weight excluding hydrogens is 270 g/mol. The standard InChI is InChI=1S/C15H19N3O3/c19-14(16-5-1-7-18-8-2-6-17-18)12-10-3-4-11(9-10)13(12)15(20)21/h2-4,6,8,10-13H,1,5,7,9H2,(H,16,19)(H,20,21). The van der Waals surface area contributed by atoms with E-state index in [1.54, 1.807) is 6.20 Å². The van der Waals surface area contributed by atoms with E-state index < -0.39 is 17.8 Å². The number of carboxylic acids is 1. The first kappa shape index (κ1) is 13.9. The first-order valence-corrected chi connectivity index (χ1v) is 7.33. The number of amides is 1. The Morgan fingerprint density at radius 3 is 2.71 bits per heavy atom. The molecule has 3 rings (SSSR count). The molecule has 0 aliphatic heterocycles. The minimum Gasteiger partial charge on any atom is -0.481 e. The van der Waals surface area contributed by atoms with Gasteiger partial charge in [-0.3, -0.25) is 14.3 Å². The highest BCUT2D eigenvalue weighted by atomic mass is 16.4. The van der Waals surface area contributed by atoms with Crippen LogP contribution in [-0.4, -0.2) is 33.3 Å². The normalized spacial score (nSPS) is 29.7. The molecule has 6 heteroatoms. The largest absolute Gasteiger partial charge is 0.481 e. The minimum atomic E-state index is -0.858. The van der Waals surface area contributed by atoms with Crippen LogP contribution in [0.5, 0.6) is 0 Å². The average Bonchev–Trinajstić information content (AvgIpc) is 3.18. The molecule has 0 saturated heterocycles. The number of nitrogens with zero attached hydrogens (tertiary/aromatic N) is 2. The summed E-state index contributed by atoms with van der Waals surface area (Å²) in [7, 11) is 0. The summed E-state index contributed by atoms with van der Waals surface area (Å²) >= 11 is 0. The molecule has 2 aliphatic rings. The van der Waals surface area contributed by atoms with Gasteiger partial charge in [0.2, 0.25) is 5.91 Å². The Morgan fingerprint density at radius 1 is 1.29 bits per heavy atom. The van der Waals surface area contributed by atoms with Crippen LogP contribution in [0, 0.1) is 23.7 Å². The van der Waals surface area contributed by atoms with Crippen molar-refractivity contribution in [1.82, 2.24) is 15.1 Å². The summed E-state index contributed by atoms with van der Waals surface area (Å²) in [5, 5.41) is 16.3. The van der Waals surface area contributed by atoms with Gasteiger partial charge in [0.1, 0.15) is 0 Å². The number of aliphatic carboxylic acids is 1. The molecule has 1 fully saturated rings. The van der Waals surface area contributed by atoms with E-state index in [2.05, 4.69) is 10.4 Å². The maximum absolute atomic E-state index is 12.3. The number of fused-ring (bicyclic) bond motifs is 2. The van der Waals surface area contributed by atoms with Gasteiger partial charge in [0, 0.05) is 25.5 Å². The Morgan fingerprint density at radius 2 is 2.05 bits per heavy atom. The van der Waals surface area contributed by atoms with Crippen LogP contribution >= 0.6 is 0 Å². The summed E-state index contributed by atoms with van der Waals surface area (Å²) in [6.45, 7) is 1.29. The Labute approximate surface area is 122 Å². The lowest BCUT2D eigenvalue weighted by Crippen LogP contribution is -2.40. The Balaban J connectivity index is 1.51. The number of hydrogen-bond acceptors (Lipinski definition) is 3. The number of aryl methyl sites for hydroxylation is 1. The first-order valence-electron chi connectivity index (χ1n) is 7.33. The van der Waals surface area contributed by atoms with Crippen LogP contribution in [-0.2, 0) is 16.1 Å². The van der Waals surface area contributed by atoms with Crippen molar-refractivity contribution in [1.29, 1.82) is 0 Å². The quantitative estimate of drug-likeness (QED) is 0.602. The average molecular weight is 289 g/mol. The van der Waals surface area contributed by atoms with Crippen LogP contribution in [0.2, 0.25) is 0 Å². The number of carbonyl (C=O) groups excluding carboxylic acids is 1. The van der Waals surface area contributed by atoms with Crippen LogP contribution in [0.25, 0.3) is 0 Å². The fourth-order valence-corrected chi connectivity index (χ4v) is 3.52. The molecule has 1 aromatic heterocycles. The summed E-state index contributed by atoms with van der Waals surface area (Å²) in [6, 6.07) is 1.86. The summed E-state index contributed by atoms with van der Waals surface area (Å²) in [5.74, 6) is -1.86. The van der Waals surface area contributed by atoms with Crippen LogP contribution in [0.1, 0.15) is 12.8 Å². The highest BCUT2D eigenvalue weighted by molar-refractivity contribution is 5.86. The third kappa shape index (κ3) is 2.70. The van der Waals surface area contributed by atoms with Gasteiger partial charge < -0.3 is 10.4 Å². The smallest absolute Gasteiger partial charge is 0.307 e. The molecule has 4 atom stereocenters. The topological polar surface area (TPSA) is 84.2 Å². The fraction of sp³-hybridized carbons (Fsp3) is 0.533. The van der Waals surface area contributed by atoms with E-state index in [1.807, 2.05) is 29.1 Å². The number of rotatable bonds is 6. The first-order chi connectivity index (χ1) is 10.2. The highest BCUT2D eigenvalue weighted by Gasteiger charge is 2.51.